The number of amides is 1. The number of carbonyl (C=O) groups excluding carboxylic acids is 1. The molecule has 0 unspecified atom stereocenters. The molecule has 3 rings (SSSR count). The summed E-state index contributed by atoms with van der Waals surface area (Å²) in [5, 5.41) is 7.41. The van der Waals surface area contributed by atoms with Crippen molar-refractivity contribution in [3.63, 3.8) is 0 Å². The van der Waals surface area contributed by atoms with E-state index in [4.69, 9.17) is 4.52 Å². The Morgan fingerprint density at radius 3 is 2.67 bits per heavy atom. The van der Waals surface area contributed by atoms with Crippen LogP contribution < -0.4 is 5.32 Å². The van der Waals surface area contributed by atoms with Crippen molar-refractivity contribution in [2.75, 3.05) is 26.2 Å². The number of rotatable bonds is 3. The van der Waals surface area contributed by atoms with E-state index in [1.165, 1.54) is 6.42 Å². The van der Waals surface area contributed by atoms with Crippen molar-refractivity contribution in [2.45, 2.75) is 46.0 Å². The molecule has 0 bridgehead atoms. The van der Waals surface area contributed by atoms with E-state index in [1.807, 2.05) is 18.7 Å². The summed E-state index contributed by atoms with van der Waals surface area (Å²) in [4.78, 5) is 14.4. The van der Waals surface area contributed by atoms with Crippen molar-refractivity contribution in [2.24, 2.45) is 5.41 Å². The standard InChI is InChI=1S/C16H25N3O2/c1-12-14(13(2)21-18-12)3-4-15(20)19-9-6-16(7-10-19)5-8-17-11-16/h17H,3-11H2,1-2H3. The predicted octanol–water partition coefficient (Wildman–Crippen LogP) is 1.83. The molecule has 5 heteroatoms. The second-order valence-corrected chi connectivity index (χ2v) is 6.61. The van der Waals surface area contributed by atoms with Crippen LogP contribution in [0.3, 0.4) is 0 Å². The van der Waals surface area contributed by atoms with Gasteiger partial charge in [0.15, 0.2) is 0 Å². The van der Waals surface area contributed by atoms with Crippen LogP contribution in [0.15, 0.2) is 4.52 Å². The molecule has 5 nitrogen and oxygen atoms in total. The van der Waals surface area contributed by atoms with Crippen LogP contribution in [-0.2, 0) is 11.2 Å². The maximum Gasteiger partial charge on any atom is 0.222 e. The van der Waals surface area contributed by atoms with Gasteiger partial charge in [0.25, 0.3) is 0 Å². The lowest BCUT2D eigenvalue weighted by molar-refractivity contribution is -0.133. The fourth-order valence-electron chi connectivity index (χ4n) is 3.70. The molecule has 0 aliphatic carbocycles. The largest absolute Gasteiger partial charge is 0.361 e. The van der Waals surface area contributed by atoms with Crippen LogP contribution >= 0.6 is 0 Å². The highest BCUT2D eigenvalue weighted by Crippen LogP contribution is 2.37. The summed E-state index contributed by atoms with van der Waals surface area (Å²) in [6, 6.07) is 0. The first-order valence-electron chi connectivity index (χ1n) is 8.00. The van der Waals surface area contributed by atoms with Crippen LogP contribution in [0.25, 0.3) is 0 Å². The van der Waals surface area contributed by atoms with Crippen molar-refractivity contribution < 1.29 is 9.32 Å². The molecule has 1 aromatic rings. The third kappa shape index (κ3) is 2.98. The molecular formula is C16H25N3O2. The summed E-state index contributed by atoms with van der Waals surface area (Å²) in [6.45, 7) is 7.96. The Balaban J connectivity index is 1.50. The summed E-state index contributed by atoms with van der Waals surface area (Å²) < 4.78 is 5.15. The van der Waals surface area contributed by atoms with Gasteiger partial charge in [-0.05, 0) is 51.5 Å². The summed E-state index contributed by atoms with van der Waals surface area (Å²) in [5.41, 5.74) is 2.48. The highest BCUT2D eigenvalue weighted by atomic mass is 16.5. The zero-order valence-electron chi connectivity index (χ0n) is 13.1. The van der Waals surface area contributed by atoms with Gasteiger partial charge in [0, 0.05) is 31.6 Å². The molecule has 2 fully saturated rings. The molecule has 0 atom stereocenters. The van der Waals surface area contributed by atoms with Crippen molar-refractivity contribution in [1.29, 1.82) is 0 Å². The summed E-state index contributed by atoms with van der Waals surface area (Å²) in [6.07, 6.45) is 4.87. The Hall–Kier alpha value is -1.36. The van der Waals surface area contributed by atoms with Gasteiger partial charge >= 0.3 is 0 Å². The summed E-state index contributed by atoms with van der Waals surface area (Å²) >= 11 is 0. The van der Waals surface area contributed by atoms with Gasteiger partial charge in [-0.2, -0.15) is 0 Å². The number of carbonyl (C=O) groups is 1. The third-order valence-electron chi connectivity index (χ3n) is 5.28. The Morgan fingerprint density at radius 1 is 1.33 bits per heavy atom. The third-order valence-corrected chi connectivity index (χ3v) is 5.28. The zero-order chi connectivity index (χ0) is 14.9. The molecule has 1 aromatic heterocycles. The van der Waals surface area contributed by atoms with Crippen LogP contribution in [0, 0.1) is 19.3 Å². The Bertz CT molecular complexity index is 488. The van der Waals surface area contributed by atoms with E-state index < -0.39 is 0 Å². The van der Waals surface area contributed by atoms with E-state index in [0.717, 1.165) is 62.5 Å². The summed E-state index contributed by atoms with van der Waals surface area (Å²) in [5.74, 6) is 1.12. The number of nitrogens with zero attached hydrogens (tertiary/aromatic N) is 2. The first kappa shape index (κ1) is 14.6. The topological polar surface area (TPSA) is 58.4 Å². The second-order valence-electron chi connectivity index (χ2n) is 6.61. The van der Waals surface area contributed by atoms with Crippen LogP contribution in [-0.4, -0.2) is 42.1 Å². The van der Waals surface area contributed by atoms with Gasteiger partial charge < -0.3 is 14.7 Å². The smallest absolute Gasteiger partial charge is 0.222 e. The molecule has 1 amide bonds. The number of aryl methyl sites for hydroxylation is 2. The van der Waals surface area contributed by atoms with E-state index in [-0.39, 0.29) is 5.91 Å². The van der Waals surface area contributed by atoms with Gasteiger partial charge in [-0.25, -0.2) is 0 Å². The van der Waals surface area contributed by atoms with Crippen LogP contribution in [0.1, 0.15) is 42.7 Å². The number of piperidine rings is 1. The molecule has 116 valence electrons. The van der Waals surface area contributed by atoms with Crippen molar-refractivity contribution in [3.8, 4) is 0 Å². The fourth-order valence-corrected chi connectivity index (χ4v) is 3.70. The Morgan fingerprint density at radius 2 is 2.10 bits per heavy atom. The average molecular weight is 291 g/mol. The molecule has 2 aliphatic heterocycles. The van der Waals surface area contributed by atoms with Crippen molar-refractivity contribution >= 4 is 5.91 Å². The zero-order valence-corrected chi connectivity index (χ0v) is 13.1. The predicted molar refractivity (Wildman–Crippen MR) is 80.0 cm³/mol. The molecule has 0 aromatic carbocycles. The van der Waals surface area contributed by atoms with E-state index in [1.54, 1.807) is 0 Å². The lowest BCUT2D eigenvalue weighted by Crippen LogP contribution is -2.44. The molecule has 0 saturated carbocycles. The molecule has 2 aliphatic rings. The van der Waals surface area contributed by atoms with Crippen LogP contribution in [0.4, 0.5) is 0 Å². The quantitative estimate of drug-likeness (QED) is 0.923. The average Bonchev–Trinajstić information content (AvgIpc) is 3.06. The van der Waals surface area contributed by atoms with E-state index >= 15 is 0 Å². The number of aromatic nitrogens is 1. The molecule has 3 heterocycles. The second kappa shape index (κ2) is 5.79. The minimum Gasteiger partial charge on any atom is -0.361 e. The first-order chi connectivity index (χ1) is 10.1. The molecule has 21 heavy (non-hydrogen) atoms. The number of likely N-dealkylation sites (tertiary alicyclic amines) is 1. The minimum atomic E-state index is 0.274. The van der Waals surface area contributed by atoms with Gasteiger partial charge in [-0.1, -0.05) is 5.16 Å². The highest BCUT2D eigenvalue weighted by Gasteiger charge is 2.37. The van der Waals surface area contributed by atoms with Gasteiger partial charge in [0.2, 0.25) is 5.91 Å². The van der Waals surface area contributed by atoms with Gasteiger partial charge in [-0.3, -0.25) is 4.79 Å². The Labute approximate surface area is 126 Å². The van der Waals surface area contributed by atoms with E-state index in [0.29, 0.717) is 11.8 Å². The minimum absolute atomic E-state index is 0.274. The normalized spacial score (nSPS) is 21.1. The van der Waals surface area contributed by atoms with Gasteiger partial charge in [0.05, 0.1) is 5.69 Å². The van der Waals surface area contributed by atoms with Gasteiger partial charge in [-0.15, -0.1) is 0 Å². The Kier molecular flexibility index (Phi) is 4.02. The molecular weight excluding hydrogens is 266 g/mol. The van der Waals surface area contributed by atoms with E-state index in [9.17, 15) is 4.79 Å². The fraction of sp³-hybridized carbons (Fsp3) is 0.750. The monoisotopic (exact) mass is 291 g/mol. The molecule has 1 N–H and O–H groups in total. The molecule has 0 radical (unpaired) electrons. The van der Waals surface area contributed by atoms with Crippen LogP contribution in [0.5, 0.6) is 0 Å². The summed E-state index contributed by atoms with van der Waals surface area (Å²) in [7, 11) is 0. The number of hydrogen-bond acceptors (Lipinski definition) is 4. The first-order valence-corrected chi connectivity index (χ1v) is 8.00. The lowest BCUT2D eigenvalue weighted by atomic mass is 9.78. The van der Waals surface area contributed by atoms with Gasteiger partial charge in [0.1, 0.15) is 5.76 Å². The van der Waals surface area contributed by atoms with E-state index in [2.05, 4.69) is 10.5 Å². The molecule has 1 spiro atoms. The number of hydrogen-bond donors (Lipinski definition) is 1. The number of nitrogens with one attached hydrogen (secondary N) is 1. The van der Waals surface area contributed by atoms with Crippen LogP contribution in [0.2, 0.25) is 0 Å². The SMILES string of the molecule is Cc1noc(C)c1CCC(=O)N1CCC2(CCNC2)CC1. The van der Waals surface area contributed by atoms with Crippen molar-refractivity contribution in [3.05, 3.63) is 17.0 Å². The highest BCUT2D eigenvalue weighted by molar-refractivity contribution is 5.76. The maximum atomic E-state index is 12.4. The van der Waals surface area contributed by atoms with Crippen molar-refractivity contribution in [1.82, 2.24) is 15.4 Å². The lowest BCUT2D eigenvalue weighted by Gasteiger charge is -2.39. The molecule has 2 saturated heterocycles. The maximum absolute atomic E-state index is 12.4.